The number of hydrogen-bond acceptors (Lipinski definition) is 5. The van der Waals surface area contributed by atoms with Gasteiger partial charge in [0.2, 0.25) is 0 Å². The lowest BCUT2D eigenvalue weighted by Crippen LogP contribution is -2.19. The molecule has 2 N–H and O–H groups in total. The SMILES string of the molecule is CCNc1nc(C)nc(NCC2(CCOC)CC2)c1C. The second-order valence-electron chi connectivity index (χ2n) is 5.72. The number of aryl methyl sites for hydroxylation is 1. The molecule has 5 heteroatoms. The van der Waals surface area contributed by atoms with Crippen molar-refractivity contribution in [2.24, 2.45) is 5.41 Å². The minimum Gasteiger partial charge on any atom is -0.385 e. The first-order valence-electron chi connectivity index (χ1n) is 7.42. The van der Waals surface area contributed by atoms with Crippen molar-refractivity contribution in [1.29, 1.82) is 0 Å². The summed E-state index contributed by atoms with van der Waals surface area (Å²) in [6.07, 6.45) is 3.69. The number of nitrogens with zero attached hydrogens (tertiary/aromatic N) is 2. The maximum atomic E-state index is 5.20. The Morgan fingerprint density at radius 3 is 2.35 bits per heavy atom. The molecule has 1 saturated carbocycles. The summed E-state index contributed by atoms with van der Waals surface area (Å²) in [7, 11) is 1.77. The Morgan fingerprint density at radius 2 is 1.80 bits per heavy atom. The maximum absolute atomic E-state index is 5.20. The zero-order valence-corrected chi connectivity index (χ0v) is 13.0. The summed E-state index contributed by atoms with van der Waals surface area (Å²) in [6, 6.07) is 0. The van der Waals surface area contributed by atoms with E-state index >= 15 is 0 Å². The van der Waals surface area contributed by atoms with Crippen LogP contribution in [0.25, 0.3) is 0 Å². The van der Waals surface area contributed by atoms with E-state index in [4.69, 9.17) is 4.74 Å². The third kappa shape index (κ3) is 3.60. The molecule has 0 spiro atoms. The van der Waals surface area contributed by atoms with Gasteiger partial charge in [-0.15, -0.1) is 0 Å². The lowest BCUT2D eigenvalue weighted by Gasteiger charge is -2.18. The van der Waals surface area contributed by atoms with Crippen molar-refractivity contribution >= 4 is 11.6 Å². The van der Waals surface area contributed by atoms with Gasteiger partial charge in [-0.2, -0.15) is 0 Å². The largest absolute Gasteiger partial charge is 0.385 e. The van der Waals surface area contributed by atoms with Gasteiger partial charge in [-0.25, -0.2) is 9.97 Å². The molecule has 0 saturated heterocycles. The Kier molecular flexibility index (Phi) is 4.81. The van der Waals surface area contributed by atoms with Gasteiger partial charge in [0, 0.05) is 32.4 Å². The number of aromatic nitrogens is 2. The first kappa shape index (κ1) is 15.0. The quantitative estimate of drug-likeness (QED) is 0.765. The van der Waals surface area contributed by atoms with E-state index < -0.39 is 0 Å². The van der Waals surface area contributed by atoms with Crippen LogP contribution in [0.1, 0.15) is 37.6 Å². The molecule has 1 fully saturated rings. The molecule has 1 aliphatic carbocycles. The third-order valence-corrected chi connectivity index (χ3v) is 4.03. The summed E-state index contributed by atoms with van der Waals surface area (Å²) < 4.78 is 5.20. The summed E-state index contributed by atoms with van der Waals surface area (Å²) in [5.41, 5.74) is 1.51. The lowest BCUT2D eigenvalue weighted by molar-refractivity contribution is 0.175. The zero-order valence-electron chi connectivity index (χ0n) is 13.0. The molecule has 0 unspecified atom stereocenters. The van der Waals surface area contributed by atoms with Gasteiger partial charge in [-0.05, 0) is 45.4 Å². The van der Waals surface area contributed by atoms with Gasteiger partial charge in [0.05, 0.1) is 0 Å². The number of methoxy groups -OCH3 is 1. The number of anilines is 2. The van der Waals surface area contributed by atoms with E-state index in [1.54, 1.807) is 7.11 Å². The van der Waals surface area contributed by atoms with Crippen molar-refractivity contribution in [3.05, 3.63) is 11.4 Å². The number of ether oxygens (including phenoxy) is 1. The van der Waals surface area contributed by atoms with E-state index in [0.717, 1.165) is 49.1 Å². The van der Waals surface area contributed by atoms with Crippen LogP contribution in [0.3, 0.4) is 0 Å². The number of rotatable bonds is 8. The molecule has 1 heterocycles. The Morgan fingerprint density at radius 1 is 1.15 bits per heavy atom. The molecule has 0 bridgehead atoms. The molecule has 0 aromatic carbocycles. The van der Waals surface area contributed by atoms with Gasteiger partial charge in [0.1, 0.15) is 17.5 Å². The monoisotopic (exact) mass is 278 g/mol. The molecule has 1 aliphatic rings. The number of nitrogens with one attached hydrogen (secondary N) is 2. The highest BCUT2D eigenvalue weighted by Crippen LogP contribution is 2.48. The van der Waals surface area contributed by atoms with E-state index in [2.05, 4.69) is 34.4 Å². The average Bonchev–Trinajstić information content (AvgIpc) is 3.19. The normalized spacial score (nSPS) is 16.0. The van der Waals surface area contributed by atoms with Crippen molar-refractivity contribution in [1.82, 2.24) is 9.97 Å². The topological polar surface area (TPSA) is 59.1 Å². The molecule has 1 aromatic rings. The minimum atomic E-state index is 0.416. The Hall–Kier alpha value is -1.36. The fourth-order valence-corrected chi connectivity index (χ4v) is 2.42. The van der Waals surface area contributed by atoms with Gasteiger partial charge in [0.15, 0.2) is 0 Å². The third-order valence-electron chi connectivity index (χ3n) is 4.03. The van der Waals surface area contributed by atoms with Crippen LogP contribution < -0.4 is 10.6 Å². The second kappa shape index (κ2) is 6.39. The summed E-state index contributed by atoms with van der Waals surface area (Å²) in [6.45, 7) is 8.76. The lowest BCUT2D eigenvalue weighted by atomic mass is 10.0. The summed E-state index contributed by atoms with van der Waals surface area (Å²) in [5, 5.41) is 6.81. The molecule has 5 nitrogen and oxygen atoms in total. The highest BCUT2D eigenvalue weighted by Gasteiger charge is 2.41. The van der Waals surface area contributed by atoms with E-state index in [1.807, 2.05) is 6.92 Å². The smallest absolute Gasteiger partial charge is 0.134 e. The summed E-state index contributed by atoms with van der Waals surface area (Å²) in [4.78, 5) is 8.98. The van der Waals surface area contributed by atoms with Gasteiger partial charge in [0.25, 0.3) is 0 Å². The van der Waals surface area contributed by atoms with E-state index in [1.165, 1.54) is 12.8 Å². The van der Waals surface area contributed by atoms with Crippen LogP contribution in [-0.4, -0.2) is 36.8 Å². The predicted molar refractivity (Wildman–Crippen MR) is 82.3 cm³/mol. The summed E-state index contributed by atoms with van der Waals surface area (Å²) >= 11 is 0. The first-order valence-corrected chi connectivity index (χ1v) is 7.42. The maximum Gasteiger partial charge on any atom is 0.134 e. The van der Waals surface area contributed by atoms with Crippen molar-refractivity contribution in [2.75, 3.05) is 37.4 Å². The molecule has 1 aromatic heterocycles. The van der Waals surface area contributed by atoms with Gasteiger partial charge < -0.3 is 15.4 Å². The minimum absolute atomic E-state index is 0.416. The Bertz CT molecular complexity index is 457. The zero-order chi connectivity index (χ0) is 14.6. The van der Waals surface area contributed by atoms with Gasteiger partial charge in [-0.3, -0.25) is 0 Å². The van der Waals surface area contributed by atoms with Crippen LogP contribution in [0.15, 0.2) is 0 Å². The van der Waals surface area contributed by atoms with Crippen molar-refractivity contribution in [3.8, 4) is 0 Å². The molecule has 2 rings (SSSR count). The fraction of sp³-hybridized carbons (Fsp3) is 0.733. The van der Waals surface area contributed by atoms with Gasteiger partial charge >= 0.3 is 0 Å². The highest BCUT2D eigenvalue weighted by molar-refractivity contribution is 5.57. The van der Waals surface area contributed by atoms with Crippen LogP contribution in [0.5, 0.6) is 0 Å². The molecule has 112 valence electrons. The van der Waals surface area contributed by atoms with Crippen molar-refractivity contribution in [2.45, 2.75) is 40.0 Å². The fourth-order valence-electron chi connectivity index (χ4n) is 2.42. The molecule has 0 aliphatic heterocycles. The van der Waals surface area contributed by atoms with Crippen LogP contribution in [0.4, 0.5) is 11.6 Å². The number of hydrogen-bond donors (Lipinski definition) is 2. The molecular formula is C15H26N4O. The molecule has 0 radical (unpaired) electrons. The Balaban J connectivity index is 2.02. The van der Waals surface area contributed by atoms with Gasteiger partial charge in [-0.1, -0.05) is 0 Å². The molecule has 0 atom stereocenters. The molecule has 20 heavy (non-hydrogen) atoms. The highest BCUT2D eigenvalue weighted by atomic mass is 16.5. The van der Waals surface area contributed by atoms with Crippen molar-refractivity contribution in [3.63, 3.8) is 0 Å². The molecular weight excluding hydrogens is 252 g/mol. The second-order valence-corrected chi connectivity index (χ2v) is 5.72. The summed E-state index contributed by atoms with van der Waals surface area (Å²) in [5.74, 6) is 2.69. The standard InChI is InChI=1S/C15H26N4O/c1-5-16-13-11(2)14(19-12(3)18-13)17-10-15(6-7-15)8-9-20-4/h5-10H2,1-4H3,(H2,16,17,18,19). The van der Waals surface area contributed by atoms with Crippen LogP contribution in [0.2, 0.25) is 0 Å². The van der Waals surface area contributed by atoms with E-state index in [0.29, 0.717) is 5.41 Å². The average molecular weight is 278 g/mol. The van der Waals surface area contributed by atoms with Crippen LogP contribution in [-0.2, 0) is 4.74 Å². The molecule has 0 amide bonds. The van der Waals surface area contributed by atoms with Crippen molar-refractivity contribution < 1.29 is 4.74 Å². The predicted octanol–water partition coefficient (Wildman–Crippen LogP) is 2.75. The van der Waals surface area contributed by atoms with Crippen LogP contribution >= 0.6 is 0 Å². The first-order chi connectivity index (χ1) is 9.60. The van der Waals surface area contributed by atoms with Crippen LogP contribution in [0, 0.1) is 19.3 Å². The Labute approximate surface area is 121 Å². The van der Waals surface area contributed by atoms with E-state index in [9.17, 15) is 0 Å². The van der Waals surface area contributed by atoms with E-state index in [-0.39, 0.29) is 0 Å².